The van der Waals surface area contributed by atoms with Crippen molar-refractivity contribution in [3.8, 4) is 0 Å². The Morgan fingerprint density at radius 3 is 2.52 bits per heavy atom. The molecule has 2 aliphatic rings. The Balaban J connectivity index is 1.43. The third kappa shape index (κ3) is 4.99. The van der Waals surface area contributed by atoms with Crippen LogP contribution in [0.25, 0.3) is 6.08 Å². The zero-order chi connectivity index (χ0) is 22.0. The summed E-state index contributed by atoms with van der Waals surface area (Å²) in [6.45, 7) is 1.27. The Morgan fingerprint density at radius 2 is 1.84 bits per heavy atom. The van der Waals surface area contributed by atoms with E-state index in [0.29, 0.717) is 16.9 Å². The van der Waals surface area contributed by atoms with Gasteiger partial charge in [-0.05, 0) is 72.6 Å². The molecule has 9 heteroatoms. The van der Waals surface area contributed by atoms with Crippen LogP contribution < -0.4 is 10.2 Å². The lowest BCUT2D eigenvalue weighted by molar-refractivity contribution is -0.127. The van der Waals surface area contributed by atoms with Crippen molar-refractivity contribution in [1.82, 2.24) is 4.90 Å². The fourth-order valence-corrected chi connectivity index (χ4v) is 4.60. The summed E-state index contributed by atoms with van der Waals surface area (Å²) in [6, 6.07) is 11.7. The number of anilines is 2. The molecule has 2 aromatic carbocycles. The largest absolute Gasteiger partial charge is 0.369 e. The number of rotatable bonds is 5. The third-order valence-electron chi connectivity index (χ3n) is 5.02. The van der Waals surface area contributed by atoms with E-state index in [-0.39, 0.29) is 17.3 Å². The van der Waals surface area contributed by atoms with Gasteiger partial charge in [0, 0.05) is 23.2 Å². The SMILES string of the molecule is O=C(CN1C(=O)S/C(=C\c2ccc(N3CCCC3)c(F)c2)C1=O)Nc1ccc(Br)cc1. The maximum absolute atomic E-state index is 14.5. The standard InChI is InChI=1S/C22H19BrFN3O3S/c23-15-4-6-16(7-5-15)25-20(28)13-27-21(29)19(31-22(27)30)12-14-3-8-18(17(24)11-14)26-9-1-2-10-26/h3-8,11-12H,1-2,9-10,13H2,(H,25,28)/b19-12-. The van der Waals surface area contributed by atoms with Gasteiger partial charge in [-0.25, -0.2) is 4.39 Å². The van der Waals surface area contributed by atoms with Gasteiger partial charge < -0.3 is 10.2 Å². The van der Waals surface area contributed by atoms with Gasteiger partial charge in [0.2, 0.25) is 5.91 Å². The van der Waals surface area contributed by atoms with Gasteiger partial charge in [-0.2, -0.15) is 0 Å². The Bertz CT molecular complexity index is 1070. The quantitative estimate of drug-likeness (QED) is 0.589. The molecule has 0 unspecified atom stereocenters. The lowest BCUT2D eigenvalue weighted by Crippen LogP contribution is -2.36. The third-order valence-corrected chi connectivity index (χ3v) is 6.46. The van der Waals surface area contributed by atoms with E-state index in [1.165, 1.54) is 12.1 Å². The van der Waals surface area contributed by atoms with Crippen LogP contribution in [-0.4, -0.2) is 41.6 Å². The number of nitrogens with one attached hydrogen (secondary N) is 1. The minimum Gasteiger partial charge on any atom is -0.369 e. The van der Waals surface area contributed by atoms with Gasteiger partial charge in [0.05, 0.1) is 10.6 Å². The van der Waals surface area contributed by atoms with E-state index in [0.717, 1.165) is 47.1 Å². The highest BCUT2D eigenvalue weighted by atomic mass is 79.9. The molecule has 2 heterocycles. The highest BCUT2D eigenvalue weighted by Gasteiger charge is 2.36. The number of carbonyl (C=O) groups is 3. The van der Waals surface area contributed by atoms with E-state index in [4.69, 9.17) is 0 Å². The first-order valence-corrected chi connectivity index (χ1v) is 11.4. The topological polar surface area (TPSA) is 69.7 Å². The van der Waals surface area contributed by atoms with Crippen molar-refractivity contribution in [3.05, 3.63) is 63.2 Å². The van der Waals surface area contributed by atoms with Gasteiger partial charge >= 0.3 is 0 Å². The molecule has 0 aliphatic carbocycles. The Hall–Kier alpha value is -2.65. The molecule has 2 fully saturated rings. The minimum absolute atomic E-state index is 0.162. The van der Waals surface area contributed by atoms with Gasteiger partial charge in [-0.15, -0.1) is 0 Å². The summed E-state index contributed by atoms with van der Waals surface area (Å²) in [5.74, 6) is -1.40. The van der Waals surface area contributed by atoms with Crippen LogP contribution >= 0.6 is 27.7 Å². The van der Waals surface area contributed by atoms with Crippen molar-refractivity contribution in [3.63, 3.8) is 0 Å². The molecular weight excluding hydrogens is 485 g/mol. The van der Waals surface area contributed by atoms with E-state index in [1.807, 2.05) is 4.90 Å². The van der Waals surface area contributed by atoms with Crippen molar-refractivity contribution in [2.45, 2.75) is 12.8 Å². The molecule has 0 atom stereocenters. The van der Waals surface area contributed by atoms with Crippen molar-refractivity contribution in [2.75, 3.05) is 29.9 Å². The molecule has 0 aromatic heterocycles. The lowest BCUT2D eigenvalue weighted by Gasteiger charge is -2.18. The molecule has 0 spiro atoms. The summed E-state index contributed by atoms with van der Waals surface area (Å²) < 4.78 is 15.4. The van der Waals surface area contributed by atoms with E-state index in [1.54, 1.807) is 36.4 Å². The smallest absolute Gasteiger partial charge is 0.294 e. The average Bonchev–Trinajstić information content (AvgIpc) is 3.35. The number of nitrogens with zero attached hydrogens (tertiary/aromatic N) is 2. The molecule has 31 heavy (non-hydrogen) atoms. The predicted molar refractivity (Wildman–Crippen MR) is 123 cm³/mol. The first kappa shape index (κ1) is 21.6. The minimum atomic E-state index is -0.565. The number of benzene rings is 2. The first-order valence-electron chi connectivity index (χ1n) is 9.76. The Kier molecular flexibility index (Phi) is 6.43. The summed E-state index contributed by atoms with van der Waals surface area (Å²) in [5, 5.41) is 2.12. The zero-order valence-corrected chi connectivity index (χ0v) is 18.8. The summed E-state index contributed by atoms with van der Waals surface area (Å²) in [5.41, 5.74) is 1.60. The van der Waals surface area contributed by atoms with Crippen LogP contribution in [0.5, 0.6) is 0 Å². The van der Waals surface area contributed by atoms with Gasteiger partial charge in [-0.1, -0.05) is 22.0 Å². The number of amides is 3. The maximum atomic E-state index is 14.5. The molecule has 6 nitrogen and oxygen atoms in total. The molecule has 2 aromatic rings. The van der Waals surface area contributed by atoms with Crippen LogP contribution in [0.15, 0.2) is 51.8 Å². The highest BCUT2D eigenvalue weighted by molar-refractivity contribution is 9.10. The fraction of sp³-hybridized carbons (Fsp3) is 0.227. The normalized spacial score (nSPS) is 17.7. The molecule has 3 amide bonds. The monoisotopic (exact) mass is 503 g/mol. The lowest BCUT2D eigenvalue weighted by atomic mass is 10.1. The number of hydrogen-bond acceptors (Lipinski definition) is 5. The summed E-state index contributed by atoms with van der Waals surface area (Å²) in [7, 11) is 0. The number of hydrogen-bond donors (Lipinski definition) is 1. The summed E-state index contributed by atoms with van der Waals surface area (Å²) in [6.07, 6.45) is 3.57. The van der Waals surface area contributed by atoms with Crippen molar-refractivity contribution < 1.29 is 18.8 Å². The molecule has 2 aliphatic heterocycles. The highest BCUT2D eigenvalue weighted by Crippen LogP contribution is 2.33. The fourth-order valence-electron chi connectivity index (χ4n) is 3.49. The van der Waals surface area contributed by atoms with Crippen LogP contribution in [0.2, 0.25) is 0 Å². The predicted octanol–water partition coefficient (Wildman–Crippen LogP) is 4.86. The van der Waals surface area contributed by atoms with Gasteiger partial charge in [0.25, 0.3) is 11.1 Å². The van der Waals surface area contributed by atoms with E-state index >= 15 is 0 Å². The molecule has 0 saturated carbocycles. The van der Waals surface area contributed by atoms with Gasteiger partial charge in [-0.3, -0.25) is 19.3 Å². The number of thioether (sulfide) groups is 1. The second-order valence-electron chi connectivity index (χ2n) is 7.23. The zero-order valence-electron chi connectivity index (χ0n) is 16.4. The van der Waals surface area contributed by atoms with Crippen LogP contribution in [0.1, 0.15) is 18.4 Å². The van der Waals surface area contributed by atoms with Gasteiger partial charge in [0.15, 0.2) is 0 Å². The number of halogens is 2. The second-order valence-corrected chi connectivity index (χ2v) is 9.14. The summed E-state index contributed by atoms with van der Waals surface area (Å²) in [4.78, 5) is 40.2. The maximum Gasteiger partial charge on any atom is 0.294 e. The molecule has 1 N–H and O–H groups in total. The molecule has 2 saturated heterocycles. The van der Waals surface area contributed by atoms with Crippen LogP contribution in [0.3, 0.4) is 0 Å². The average molecular weight is 504 g/mol. The second kappa shape index (κ2) is 9.23. The van der Waals surface area contributed by atoms with E-state index in [2.05, 4.69) is 21.2 Å². The molecule has 0 bridgehead atoms. The van der Waals surface area contributed by atoms with Crippen molar-refractivity contribution >= 4 is 62.2 Å². The summed E-state index contributed by atoms with van der Waals surface area (Å²) >= 11 is 4.05. The van der Waals surface area contributed by atoms with Gasteiger partial charge in [0.1, 0.15) is 12.4 Å². The van der Waals surface area contributed by atoms with Crippen LogP contribution in [-0.2, 0) is 9.59 Å². The van der Waals surface area contributed by atoms with Crippen molar-refractivity contribution in [1.29, 1.82) is 0 Å². The van der Waals surface area contributed by atoms with Crippen LogP contribution in [0, 0.1) is 5.82 Å². The molecular formula is C22H19BrFN3O3S. The molecule has 160 valence electrons. The Labute approximate surface area is 191 Å². The molecule has 4 rings (SSSR count). The number of carbonyl (C=O) groups excluding carboxylic acids is 3. The molecule has 0 radical (unpaired) electrons. The van der Waals surface area contributed by atoms with Crippen LogP contribution in [0.4, 0.5) is 20.6 Å². The Morgan fingerprint density at radius 1 is 1.13 bits per heavy atom. The van der Waals surface area contributed by atoms with E-state index < -0.39 is 17.1 Å². The van der Waals surface area contributed by atoms with E-state index in [9.17, 15) is 18.8 Å². The van der Waals surface area contributed by atoms with Crippen molar-refractivity contribution in [2.24, 2.45) is 0 Å². The number of imide groups is 1. The first-order chi connectivity index (χ1) is 14.9.